The third kappa shape index (κ3) is 3.46. The van der Waals surface area contributed by atoms with Gasteiger partial charge < -0.3 is 10.2 Å². The van der Waals surface area contributed by atoms with E-state index in [1.54, 1.807) is 12.1 Å². The number of hydrogen-bond acceptors (Lipinski definition) is 2. The molecule has 1 aromatic rings. The Bertz CT molecular complexity index is 302. The zero-order valence-corrected chi connectivity index (χ0v) is 9.09. The number of aliphatic hydroxyl groups is 2. The van der Waals surface area contributed by atoms with E-state index in [1.165, 1.54) is 0 Å². The molecule has 0 aliphatic rings. The molecule has 4 heteroatoms. The Kier molecular flexibility index (Phi) is 4.69. The van der Waals surface area contributed by atoms with Crippen LogP contribution in [-0.2, 0) is 6.42 Å². The molecule has 0 amide bonds. The summed E-state index contributed by atoms with van der Waals surface area (Å²) in [7, 11) is 0. The third-order valence-corrected chi connectivity index (χ3v) is 2.56. The van der Waals surface area contributed by atoms with E-state index in [9.17, 15) is 0 Å². The highest BCUT2D eigenvalue weighted by atomic mass is 35.5. The minimum atomic E-state index is -0.679. The third-order valence-electron chi connectivity index (χ3n) is 1.97. The highest BCUT2D eigenvalue weighted by Crippen LogP contribution is 2.22. The van der Waals surface area contributed by atoms with E-state index < -0.39 is 6.10 Å². The van der Waals surface area contributed by atoms with Gasteiger partial charge in [0.25, 0.3) is 0 Å². The fourth-order valence-corrected chi connectivity index (χ4v) is 1.64. The van der Waals surface area contributed by atoms with Gasteiger partial charge in [-0.25, -0.2) is 0 Å². The van der Waals surface area contributed by atoms with Crippen molar-refractivity contribution < 1.29 is 10.2 Å². The minimum Gasteiger partial charge on any atom is -0.394 e. The second kappa shape index (κ2) is 5.56. The van der Waals surface area contributed by atoms with E-state index in [1.807, 2.05) is 6.07 Å². The minimum absolute atomic E-state index is 0.217. The molecule has 0 heterocycles. The van der Waals surface area contributed by atoms with Gasteiger partial charge in [-0.2, -0.15) is 0 Å². The molecule has 0 unspecified atom stereocenters. The summed E-state index contributed by atoms with van der Waals surface area (Å²) in [5.74, 6) is 0. The SMILES string of the molecule is OC[C@@H](O)CCc1ccc(Cl)cc1Cl. The van der Waals surface area contributed by atoms with Gasteiger partial charge in [-0.3, -0.25) is 0 Å². The molecule has 2 N–H and O–H groups in total. The van der Waals surface area contributed by atoms with Crippen molar-refractivity contribution in [3.63, 3.8) is 0 Å². The van der Waals surface area contributed by atoms with Crippen LogP contribution in [0.3, 0.4) is 0 Å². The lowest BCUT2D eigenvalue weighted by molar-refractivity contribution is 0.0886. The predicted octanol–water partition coefficient (Wildman–Crippen LogP) is 2.28. The first-order valence-electron chi connectivity index (χ1n) is 4.36. The molecule has 2 nitrogen and oxygen atoms in total. The lowest BCUT2D eigenvalue weighted by Crippen LogP contribution is -2.12. The molecular weight excluding hydrogens is 223 g/mol. The molecule has 0 aromatic heterocycles. The van der Waals surface area contributed by atoms with Gasteiger partial charge >= 0.3 is 0 Å². The first kappa shape index (κ1) is 11.8. The highest BCUT2D eigenvalue weighted by molar-refractivity contribution is 6.35. The van der Waals surface area contributed by atoms with Crippen LogP contribution >= 0.6 is 23.2 Å². The van der Waals surface area contributed by atoms with Crippen LogP contribution in [0.25, 0.3) is 0 Å². The number of benzene rings is 1. The van der Waals surface area contributed by atoms with Gasteiger partial charge in [0.1, 0.15) is 0 Å². The van der Waals surface area contributed by atoms with E-state index in [4.69, 9.17) is 33.4 Å². The monoisotopic (exact) mass is 234 g/mol. The molecule has 0 saturated heterocycles. The molecule has 78 valence electrons. The van der Waals surface area contributed by atoms with Crippen molar-refractivity contribution in [2.24, 2.45) is 0 Å². The molecule has 1 rings (SSSR count). The van der Waals surface area contributed by atoms with E-state index in [0.29, 0.717) is 22.9 Å². The van der Waals surface area contributed by atoms with Crippen LogP contribution in [0.15, 0.2) is 18.2 Å². The largest absolute Gasteiger partial charge is 0.394 e. The lowest BCUT2D eigenvalue weighted by atomic mass is 10.1. The average Bonchev–Trinajstić information content (AvgIpc) is 2.16. The van der Waals surface area contributed by atoms with Crippen molar-refractivity contribution in [1.82, 2.24) is 0 Å². The van der Waals surface area contributed by atoms with Crippen LogP contribution in [0.2, 0.25) is 10.0 Å². The molecular formula is C10H12Cl2O2. The zero-order chi connectivity index (χ0) is 10.6. The lowest BCUT2D eigenvalue weighted by Gasteiger charge is -2.08. The van der Waals surface area contributed by atoms with Crippen molar-refractivity contribution in [2.75, 3.05) is 6.61 Å². The van der Waals surface area contributed by atoms with Gasteiger partial charge in [0, 0.05) is 10.0 Å². The molecule has 0 bridgehead atoms. The fourth-order valence-electron chi connectivity index (χ4n) is 1.14. The van der Waals surface area contributed by atoms with Gasteiger partial charge in [0.2, 0.25) is 0 Å². The Morgan fingerprint density at radius 2 is 2.00 bits per heavy atom. The van der Waals surface area contributed by atoms with Gasteiger partial charge in [-0.05, 0) is 30.5 Å². The van der Waals surface area contributed by atoms with E-state index in [-0.39, 0.29) is 6.61 Å². The van der Waals surface area contributed by atoms with Crippen LogP contribution in [0.4, 0.5) is 0 Å². The van der Waals surface area contributed by atoms with E-state index >= 15 is 0 Å². The summed E-state index contributed by atoms with van der Waals surface area (Å²) in [4.78, 5) is 0. The Morgan fingerprint density at radius 1 is 1.29 bits per heavy atom. The van der Waals surface area contributed by atoms with Gasteiger partial charge in [0.05, 0.1) is 12.7 Å². The molecule has 0 aliphatic heterocycles. The topological polar surface area (TPSA) is 40.5 Å². The molecule has 0 radical (unpaired) electrons. The molecule has 0 saturated carbocycles. The van der Waals surface area contributed by atoms with Crippen LogP contribution < -0.4 is 0 Å². The first-order chi connectivity index (χ1) is 6.63. The second-order valence-electron chi connectivity index (χ2n) is 3.11. The second-order valence-corrected chi connectivity index (χ2v) is 3.95. The first-order valence-corrected chi connectivity index (χ1v) is 5.12. The fraction of sp³-hybridized carbons (Fsp3) is 0.400. The van der Waals surface area contributed by atoms with Crippen molar-refractivity contribution in [3.8, 4) is 0 Å². The Balaban J connectivity index is 2.59. The normalized spacial score (nSPS) is 12.9. The van der Waals surface area contributed by atoms with E-state index in [0.717, 1.165) is 5.56 Å². The van der Waals surface area contributed by atoms with Crippen molar-refractivity contribution in [1.29, 1.82) is 0 Å². The highest BCUT2D eigenvalue weighted by Gasteiger charge is 2.05. The predicted molar refractivity (Wildman–Crippen MR) is 57.9 cm³/mol. The summed E-state index contributed by atoms with van der Waals surface area (Å²) in [5, 5.41) is 19.0. The smallest absolute Gasteiger partial charge is 0.0774 e. The summed E-state index contributed by atoms with van der Waals surface area (Å²) < 4.78 is 0. The summed E-state index contributed by atoms with van der Waals surface area (Å²) >= 11 is 11.7. The maximum Gasteiger partial charge on any atom is 0.0774 e. The number of aliphatic hydroxyl groups excluding tert-OH is 2. The number of rotatable bonds is 4. The zero-order valence-electron chi connectivity index (χ0n) is 7.58. The number of halogens is 2. The Morgan fingerprint density at radius 3 is 2.57 bits per heavy atom. The summed E-state index contributed by atoms with van der Waals surface area (Å²) in [6.07, 6.45) is 0.456. The van der Waals surface area contributed by atoms with Gasteiger partial charge in [-0.15, -0.1) is 0 Å². The molecule has 0 aliphatic carbocycles. The van der Waals surface area contributed by atoms with Gasteiger partial charge in [0.15, 0.2) is 0 Å². The molecule has 0 spiro atoms. The van der Waals surface area contributed by atoms with Crippen molar-refractivity contribution in [3.05, 3.63) is 33.8 Å². The standard InChI is InChI=1S/C10H12Cl2O2/c11-8-3-1-7(10(12)5-8)2-4-9(14)6-13/h1,3,5,9,13-14H,2,4,6H2/t9-/m0/s1. The molecule has 1 aromatic carbocycles. The van der Waals surface area contributed by atoms with Crippen molar-refractivity contribution in [2.45, 2.75) is 18.9 Å². The summed E-state index contributed by atoms with van der Waals surface area (Å²) in [6.45, 7) is -0.217. The van der Waals surface area contributed by atoms with Crippen LogP contribution in [0.5, 0.6) is 0 Å². The summed E-state index contributed by atoms with van der Waals surface area (Å²) in [6, 6.07) is 5.26. The molecule has 0 fully saturated rings. The number of aryl methyl sites for hydroxylation is 1. The van der Waals surface area contributed by atoms with Crippen LogP contribution in [-0.4, -0.2) is 22.9 Å². The van der Waals surface area contributed by atoms with Crippen LogP contribution in [0.1, 0.15) is 12.0 Å². The molecule has 1 atom stereocenters. The van der Waals surface area contributed by atoms with Crippen molar-refractivity contribution >= 4 is 23.2 Å². The number of hydrogen-bond donors (Lipinski definition) is 2. The van der Waals surface area contributed by atoms with E-state index in [2.05, 4.69) is 0 Å². The maximum absolute atomic E-state index is 9.15. The summed E-state index contributed by atoms with van der Waals surface area (Å²) in [5.41, 5.74) is 0.934. The quantitative estimate of drug-likeness (QED) is 0.840. The average molecular weight is 235 g/mol. The van der Waals surface area contributed by atoms with Crippen LogP contribution in [0, 0.1) is 0 Å². The molecule has 14 heavy (non-hydrogen) atoms. The Hall–Kier alpha value is -0.280. The van der Waals surface area contributed by atoms with Gasteiger partial charge in [-0.1, -0.05) is 29.3 Å². The Labute approximate surface area is 93.1 Å². The maximum atomic E-state index is 9.15.